The summed E-state index contributed by atoms with van der Waals surface area (Å²) in [6.45, 7) is 0. The van der Waals surface area contributed by atoms with Gasteiger partial charge < -0.3 is 11.1 Å². The first-order valence-electron chi connectivity index (χ1n) is 5.12. The summed E-state index contributed by atoms with van der Waals surface area (Å²) < 4.78 is 1.65. The molecule has 0 aliphatic heterocycles. The van der Waals surface area contributed by atoms with Gasteiger partial charge in [-0.1, -0.05) is 12.2 Å². The Morgan fingerprint density at radius 3 is 2.53 bits per heavy atom. The smallest absolute Gasteiger partial charge is 0.256 e. The number of carbonyl (C=O) groups is 1. The van der Waals surface area contributed by atoms with E-state index in [1.165, 1.54) is 11.3 Å². The number of hydrogen-bond donors (Lipinski definition) is 2. The zero-order chi connectivity index (χ0) is 14.0. The zero-order valence-corrected chi connectivity index (χ0v) is 14.2. The van der Waals surface area contributed by atoms with E-state index in [9.17, 15) is 4.79 Å². The van der Waals surface area contributed by atoms with E-state index >= 15 is 0 Å². The van der Waals surface area contributed by atoms with Crippen molar-refractivity contribution in [2.24, 2.45) is 5.73 Å². The van der Waals surface area contributed by atoms with Crippen molar-refractivity contribution in [3.05, 3.63) is 49.0 Å². The number of thiocarbonyl (C=S) groups is 1. The number of nitrogens with two attached hydrogens (primary N) is 1. The third-order valence-electron chi connectivity index (χ3n) is 2.33. The van der Waals surface area contributed by atoms with Crippen molar-refractivity contribution in [3.63, 3.8) is 0 Å². The van der Waals surface area contributed by atoms with Crippen LogP contribution in [0, 0.1) is 0 Å². The van der Waals surface area contributed by atoms with Crippen LogP contribution >= 0.6 is 55.4 Å². The monoisotopic (exact) mass is 418 g/mol. The van der Waals surface area contributed by atoms with E-state index in [2.05, 4.69) is 37.2 Å². The fourth-order valence-corrected chi connectivity index (χ4v) is 3.13. The van der Waals surface area contributed by atoms with E-state index in [-0.39, 0.29) is 5.91 Å². The Morgan fingerprint density at radius 1 is 1.26 bits per heavy atom. The molecule has 0 fully saturated rings. The number of anilines is 1. The summed E-state index contributed by atoms with van der Waals surface area (Å²) in [5.74, 6) is -0.161. The number of carbonyl (C=O) groups excluding carboxylic acids is 1. The standard InChI is InChI=1S/C12H8Br2N2OS2/c13-8-3-6(11(15)18)1-2-9(8)16-12(17)7-4-10(14)19-5-7/h1-5H,(H2,15,18)(H,16,17). The van der Waals surface area contributed by atoms with Gasteiger partial charge in [-0.2, -0.15) is 0 Å². The van der Waals surface area contributed by atoms with E-state index in [4.69, 9.17) is 18.0 Å². The molecule has 0 unspecified atom stereocenters. The van der Waals surface area contributed by atoms with E-state index in [1.807, 2.05) is 0 Å². The number of amides is 1. The minimum Gasteiger partial charge on any atom is -0.389 e. The molecule has 1 aromatic carbocycles. The molecule has 3 N–H and O–H groups in total. The number of benzene rings is 1. The molecule has 0 spiro atoms. The van der Waals surface area contributed by atoms with E-state index in [0.717, 1.165) is 13.8 Å². The minimum atomic E-state index is -0.161. The molecular formula is C12H8Br2N2OS2. The van der Waals surface area contributed by atoms with Gasteiger partial charge in [-0.15, -0.1) is 11.3 Å². The zero-order valence-electron chi connectivity index (χ0n) is 9.44. The van der Waals surface area contributed by atoms with Gasteiger partial charge in [0.1, 0.15) is 4.99 Å². The maximum Gasteiger partial charge on any atom is 0.256 e. The van der Waals surface area contributed by atoms with Crippen LogP contribution < -0.4 is 11.1 Å². The molecule has 0 radical (unpaired) electrons. The average Bonchev–Trinajstić information content (AvgIpc) is 2.78. The summed E-state index contributed by atoms with van der Waals surface area (Å²) in [6.07, 6.45) is 0. The highest BCUT2D eigenvalue weighted by Gasteiger charge is 2.10. The molecule has 2 aromatic rings. The topological polar surface area (TPSA) is 55.1 Å². The minimum absolute atomic E-state index is 0.161. The lowest BCUT2D eigenvalue weighted by Crippen LogP contribution is -2.13. The summed E-state index contributed by atoms with van der Waals surface area (Å²) in [4.78, 5) is 12.3. The molecule has 3 nitrogen and oxygen atoms in total. The van der Waals surface area contributed by atoms with Gasteiger partial charge in [0, 0.05) is 15.4 Å². The second-order valence-corrected chi connectivity index (χ2v) is 7.24. The Kier molecular flexibility index (Phi) is 4.72. The molecular weight excluding hydrogens is 412 g/mol. The van der Waals surface area contributed by atoms with Crippen LogP contribution in [0.4, 0.5) is 5.69 Å². The highest BCUT2D eigenvalue weighted by atomic mass is 79.9. The first-order valence-corrected chi connectivity index (χ1v) is 7.99. The summed E-state index contributed by atoms with van der Waals surface area (Å²) >= 11 is 13.1. The van der Waals surface area contributed by atoms with E-state index in [1.54, 1.807) is 29.6 Å². The Morgan fingerprint density at radius 2 is 2.00 bits per heavy atom. The van der Waals surface area contributed by atoms with Gasteiger partial charge in [-0.3, -0.25) is 4.79 Å². The van der Waals surface area contributed by atoms with Crippen molar-refractivity contribution in [1.82, 2.24) is 0 Å². The second-order valence-electron chi connectivity index (χ2n) is 3.65. The molecule has 0 aliphatic carbocycles. The van der Waals surface area contributed by atoms with Gasteiger partial charge in [-0.05, 0) is 56.1 Å². The maximum absolute atomic E-state index is 12.0. The van der Waals surface area contributed by atoms with Gasteiger partial charge in [0.15, 0.2) is 0 Å². The maximum atomic E-state index is 12.0. The molecule has 2 rings (SSSR count). The number of rotatable bonds is 3. The van der Waals surface area contributed by atoms with Crippen LogP contribution in [0.2, 0.25) is 0 Å². The van der Waals surface area contributed by atoms with E-state index in [0.29, 0.717) is 16.2 Å². The molecule has 0 aliphatic rings. The van der Waals surface area contributed by atoms with Crippen molar-refractivity contribution in [1.29, 1.82) is 0 Å². The van der Waals surface area contributed by atoms with Crippen molar-refractivity contribution in [2.75, 3.05) is 5.32 Å². The van der Waals surface area contributed by atoms with Crippen molar-refractivity contribution >= 4 is 72.0 Å². The molecule has 0 bridgehead atoms. The highest BCUT2D eigenvalue weighted by Crippen LogP contribution is 2.26. The Hall–Kier alpha value is -0.760. The number of hydrogen-bond acceptors (Lipinski definition) is 3. The average molecular weight is 420 g/mol. The largest absolute Gasteiger partial charge is 0.389 e. The van der Waals surface area contributed by atoms with Crippen LogP contribution in [-0.2, 0) is 0 Å². The van der Waals surface area contributed by atoms with Crippen molar-refractivity contribution in [2.45, 2.75) is 0 Å². The van der Waals surface area contributed by atoms with E-state index < -0.39 is 0 Å². The van der Waals surface area contributed by atoms with Crippen molar-refractivity contribution < 1.29 is 4.79 Å². The quantitative estimate of drug-likeness (QED) is 0.734. The van der Waals surface area contributed by atoms with Crippen LogP contribution in [0.3, 0.4) is 0 Å². The lowest BCUT2D eigenvalue weighted by Gasteiger charge is -2.08. The molecule has 0 atom stereocenters. The van der Waals surface area contributed by atoms with Gasteiger partial charge in [0.25, 0.3) is 5.91 Å². The van der Waals surface area contributed by atoms with Crippen LogP contribution in [0.5, 0.6) is 0 Å². The third-order valence-corrected chi connectivity index (χ3v) is 4.73. The summed E-state index contributed by atoms with van der Waals surface area (Å²) in [5.41, 5.74) is 7.58. The highest BCUT2D eigenvalue weighted by molar-refractivity contribution is 9.11. The van der Waals surface area contributed by atoms with Gasteiger partial charge in [-0.25, -0.2) is 0 Å². The fraction of sp³-hybridized carbons (Fsp3) is 0. The Labute approximate surface area is 136 Å². The normalized spacial score (nSPS) is 10.2. The molecule has 0 saturated heterocycles. The first-order chi connectivity index (χ1) is 8.97. The molecule has 98 valence electrons. The van der Waals surface area contributed by atoms with Crippen LogP contribution in [0.15, 0.2) is 37.9 Å². The molecule has 1 amide bonds. The van der Waals surface area contributed by atoms with Gasteiger partial charge in [0.05, 0.1) is 15.0 Å². The lowest BCUT2D eigenvalue weighted by atomic mass is 10.2. The summed E-state index contributed by atoms with van der Waals surface area (Å²) in [7, 11) is 0. The van der Waals surface area contributed by atoms with Gasteiger partial charge in [0.2, 0.25) is 0 Å². The molecule has 19 heavy (non-hydrogen) atoms. The second kappa shape index (κ2) is 6.13. The SMILES string of the molecule is NC(=S)c1ccc(NC(=O)c2csc(Br)c2)c(Br)c1. The fourth-order valence-electron chi connectivity index (χ4n) is 1.39. The molecule has 1 heterocycles. The van der Waals surface area contributed by atoms with Crippen LogP contribution in [0.1, 0.15) is 15.9 Å². The molecule has 0 saturated carbocycles. The summed E-state index contributed by atoms with van der Waals surface area (Å²) in [6, 6.07) is 7.09. The van der Waals surface area contributed by atoms with Gasteiger partial charge >= 0.3 is 0 Å². The van der Waals surface area contributed by atoms with Crippen LogP contribution in [0.25, 0.3) is 0 Å². The predicted octanol–water partition coefficient (Wildman–Crippen LogP) is 4.16. The lowest BCUT2D eigenvalue weighted by molar-refractivity contribution is 0.102. The number of nitrogens with one attached hydrogen (secondary N) is 1. The Bertz CT molecular complexity index is 655. The van der Waals surface area contributed by atoms with Crippen LogP contribution in [-0.4, -0.2) is 10.9 Å². The first kappa shape index (κ1) is 14.6. The van der Waals surface area contributed by atoms with Crippen molar-refractivity contribution in [3.8, 4) is 0 Å². The number of halogens is 2. The summed E-state index contributed by atoms with van der Waals surface area (Å²) in [5, 5.41) is 4.61. The third kappa shape index (κ3) is 3.62. The predicted molar refractivity (Wildman–Crippen MR) is 90.0 cm³/mol. The Balaban J connectivity index is 2.20. The molecule has 7 heteroatoms. The molecule has 1 aromatic heterocycles. The number of thiophene rings is 1.